The predicted octanol–water partition coefficient (Wildman–Crippen LogP) is 2.92. The third-order valence-electron chi connectivity index (χ3n) is 3.96. The van der Waals surface area contributed by atoms with Crippen LogP contribution in [0.4, 0.5) is 23.0 Å². The lowest BCUT2D eigenvalue weighted by Crippen LogP contribution is -2.33. The average molecular weight is 470 g/mol. The summed E-state index contributed by atoms with van der Waals surface area (Å²) in [6, 6.07) is 17.2. The first-order valence-corrected chi connectivity index (χ1v) is 10.9. The molecule has 0 spiro atoms. The smallest absolute Gasteiger partial charge is 0.402 e. The van der Waals surface area contributed by atoms with Crippen molar-refractivity contribution in [2.75, 3.05) is 17.6 Å². The van der Waals surface area contributed by atoms with Crippen molar-refractivity contribution in [3.05, 3.63) is 72.3 Å². The third kappa shape index (κ3) is 7.21. The Hall–Kier alpha value is -4.12. The van der Waals surface area contributed by atoms with Gasteiger partial charge in [-0.1, -0.05) is 30.3 Å². The van der Waals surface area contributed by atoms with Gasteiger partial charge in [0.15, 0.2) is 11.6 Å². The molecule has 3 rings (SSSR count). The van der Waals surface area contributed by atoms with Gasteiger partial charge >= 0.3 is 7.82 Å². The van der Waals surface area contributed by atoms with Crippen molar-refractivity contribution in [2.24, 2.45) is 10.2 Å². The number of nitrogens with two attached hydrogens (primary N) is 1. The summed E-state index contributed by atoms with van der Waals surface area (Å²) in [5.41, 5.74) is 6.49. The maximum absolute atomic E-state index is 12.1. The molecule has 1 heterocycles. The number of aromatic nitrogens is 1. The summed E-state index contributed by atoms with van der Waals surface area (Å²) in [5.74, 6) is -0.988. The van der Waals surface area contributed by atoms with Crippen molar-refractivity contribution in [3.63, 3.8) is 0 Å². The van der Waals surface area contributed by atoms with Crippen molar-refractivity contribution in [2.45, 2.75) is 0 Å². The normalized spacial score (nSPS) is 11.2. The lowest BCUT2D eigenvalue weighted by atomic mass is 10.2. The largest absolute Gasteiger partial charge is 0.524 e. The quantitative estimate of drug-likeness (QED) is 0.245. The highest BCUT2D eigenvalue weighted by atomic mass is 31.2. The first-order valence-electron chi connectivity index (χ1n) is 9.37. The number of carbonyl (C=O) groups excluding carboxylic acids is 2. The lowest BCUT2D eigenvalue weighted by molar-refractivity contribution is -0.115. The average Bonchev–Trinajstić information content (AvgIpc) is 2.77. The van der Waals surface area contributed by atoms with E-state index in [1.54, 1.807) is 36.4 Å². The summed E-state index contributed by atoms with van der Waals surface area (Å²) in [6.45, 7) is -0.271. The number of nitrogens with one attached hydrogen (secondary N) is 2. The highest BCUT2D eigenvalue weighted by Crippen LogP contribution is 2.42. The first-order chi connectivity index (χ1) is 15.7. The van der Waals surface area contributed by atoms with Crippen LogP contribution in [-0.2, 0) is 9.36 Å². The number of benzene rings is 2. The molecule has 2 aromatic carbocycles. The number of rotatable bonds is 8. The summed E-state index contributed by atoms with van der Waals surface area (Å²) < 4.78 is 15.6. The van der Waals surface area contributed by atoms with Crippen LogP contribution in [0.2, 0.25) is 0 Å². The van der Waals surface area contributed by atoms with E-state index in [1.165, 1.54) is 30.3 Å². The van der Waals surface area contributed by atoms with E-state index in [0.717, 1.165) is 0 Å². The van der Waals surface area contributed by atoms with E-state index >= 15 is 0 Å². The Morgan fingerprint density at radius 1 is 0.970 bits per heavy atom. The Kier molecular flexibility index (Phi) is 7.46. The van der Waals surface area contributed by atoms with Gasteiger partial charge in [-0.05, 0) is 36.4 Å². The summed E-state index contributed by atoms with van der Waals surface area (Å²) in [4.78, 5) is 46.1. The van der Waals surface area contributed by atoms with Gasteiger partial charge < -0.3 is 20.9 Å². The Morgan fingerprint density at radius 3 is 2.33 bits per heavy atom. The standard InChI is InChI=1S/C20H19N6O6P/c21-19-15(26-25-14-8-4-5-9-16(14)32-33(29,30)31)10-11-17(24-19)23-18(27)12-22-20(28)13-6-2-1-3-7-13/h1-11H,12H2,(H,22,28)(H2,29,30,31)(H3,21,23,24,27)/b26-25+. The van der Waals surface area contributed by atoms with Gasteiger partial charge in [0.25, 0.3) is 5.91 Å². The monoisotopic (exact) mass is 470 g/mol. The molecule has 0 aliphatic rings. The van der Waals surface area contributed by atoms with E-state index in [2.05, 4.69) is 30.4 Å². The number of azo groups is 1. The number of anilines is 2. The zero-order valence-corrected chi connectivity index (χ0v) is 17.8. The Morgan fingerprint density at radius 2 is 1.64 bits per heavy atom. The van der Waals surface area contributed by atoms with E-state index in [4.69, 9.17) is 15.5 Å². The minimum atomic E-state index is -4.77. The number of phosphoric acid groups is 1. The maximum Gasteiger partial charge on any atom is 0.524 e. The molecule has 0 saturated carbocycles. The Bertz CT molecular complexity index is 1230. The highest BCUT2D eigenvalue weighted by Gasteiger charge is 2.18. The van der Waals surface area contributed by atoms with Crippen LogP contribution in [0.25, 0.3) is 0 Å². The SMILES string of the molecule is Nc1nc(NC(=O)CNC(=O)c2ccccc2)ccc1/N=N/c1ccccc1OP(=O)(O)O. The summed E-state index contributed by atoms with van der Waals surface area (Å²) >= 11 is 0. The van der Waals surface area contributed by atoms with Gasteiger partial charge in [-0.2, -0.15) is 0 Å². The number of carbonyl (C=O) groups is 2. The molecular formula is C20H19N6O6P. The second-order valence-corrected chi connectivity index (χ2v) is 7.61. The molecule has 12 nitrogen and oxygen atoms in total. The van der Waals surface area contributed by atoms with E-state index < -0.39 is 19.6 Å². The van der Waals surface area contributed by atoms with Gasteiger partial charge in [-0.15, -0.1) is 10.2 Å². The minimum Gasteiger partial charge on any atom is -0.402 e. The molecule has 170 valence electrons. The van der Waals surface area contributed by atoms with Gasteiger partial charge in [-0.25, -0.2) is 9.55 Å². The summed E-state index contributed by atoms with van der Waals surface area (Å²) in [7, 11) is -4.77. The second-order valence-electron chi connectivity index (χ2n) is 6.45. The van der Waals surface area contributed by atoms with Crippen LogP contribution < -0.4 is 20.9 Å². The van der Waals surface area contributed by atoms with Crippen LogP contribution in [-0.4, -0.2) is 33.1 Å². The molecule has 13 heteroatoms. The van der Waals surface area contributed by atoms with Crippen molar-refractivity contribution in [1.82, 2.24) is 10.3 Å². The van der Waals surface area contributed by atoms with Gasteiger partial charge in [0.2, 0.25) is 5.91 Å². The Labute approximate surface area is 187 Å². The molecule has 0 aliphatic heterocycles. The van der Waals surface area contributed by atoms with E-state index in [9.17, 15) is 14.2 Å². The number of nitrogen functional groups attached to an aromatic ring is 1. The fraction of sp³-hybridized carbons (Fsp3) is 0.0500. The number of amides is 2. The fourth-order valence-electron chi connectivity index (χ4n) is 2.51. The topological polar surface area (TPSA) is 189 Å². The summed E-state index contributed by atoms with van der Waals surface area (Å²) in [5, 5.41) is 12.8. The van der Waals surface area contributed by atoms with Crippen molar-refractivity contribution >= 4 is 42.6 Å². The minimum absolute atomic E-state index is 0.0572. The fourth-order valence-corrected chi connectivity index (χ4v) is 2.92. The molecule has 0 atom stereocenters. The zero-order valence-electron chi connectivity index (χ0n) is 17.0. The number of pyridine rings is 1. The molecular weight excluding hydrogens is 451 g/mol. The molecule has 6 N–H and O–H groups in total. The van der Waals surface area contributed by atoms with E-state index in [1.807, 2.05) is 0 Å². The predicted molar refractivity (Wildman–Crippen MR) is 119 cm³/mol. The van der Waals surface area contributed by atoms with E-state index in [0.29, 0.717) is 5.56 Å². The van der Waals surface area contributed by atoms with Crippen molar-refractivity contribution < 1.29 is 28.5 Å². The number of para-hydroxylation sites is 1. The molecule has 0 aliphatic carbocycles. The van der Waals surface area contributed by atoms with E-state index in [-0.39, 0.29) is 35.3 Å². The molecule has 0 radical (unpaired) electrons. The van der Waals surface area contributed by atoms with Crippen LogP contribution in [0.15, 0.2) is 77.0 Å². The Balaban J connectivity index is 1.62. The number of hydrogen-bond donors (Lipinski definition) is 5. The van der Waals surface area contributed by atoms with Crippen LogP contribution in [0, 0.1) is 0 Å². The third-order valence-corrected chi connectivity index (χ3v) is 4.40. The van der Waals surface area contributed by atoms with Gasteiger partial charge in [0.1, 0.15) is 17.2 Å². The van der Waals surface area contributed by atoms with Crippen LogP contribution >= 0.6 is 7.82 Å². The molecule has 2 amide bonds. The van der Waals surface area contributed by atoms with Crippen LogP contribution in [0.5, 0.6) is 5.75 Å². The molecule has 0 fully saturated rings. The van der Waals surface area contributed by atoms with Crippen LogP contribution in [0.3, 0.4) is 0 Å². The second kappa shape index (κ2) is 10.5. The first kappa shape index (κ1) is 23.5. The highest BCUT2D eigenvalue weighted by molar-refractivity contribution is 7.46. The molecule has 33 heavy (non-hydrogen) atoms. The molecule has 3 aromatic rings. The number of phosphoric ester groups is 1. The molecule has 1 aromatic heterocycles. The van der Waals surface area contributed by atoms with Gasteiger partial charge in [-0.3, -0.25) is 19.4 Å². The molecule has 0 bridgehead atoms. The van der Waals surface area contributed by atoms with Crippen molar-refractivity contribution in [3.8, 4) is 5.75 Å². The van der Waals surface area contributed by atoms with Crippen molar-refractivity contribution in [1.29, 1.82) is 0 Å². The molecule has 0 saturated heterocycles. The van der Waals surface area contributed by atoms with Crippen LogP contribution in [0.1, 0.15) is 10.4 Å². The summed E-state index contributed by atoms with van der Waals surface area (Å²) in [6.07, 6.45) is 0. The van der Waals surface area contributed by atoms with Gasteiger partial charge in [0.05, 0.1) is 6.54 Å². The van der Waals surface area contributed by atoms with Gasteiger partial charge in [0, 0.05) is 5.56 Å². The lowest BCUT2D eigenvalue weighted by Gasteiger charge is -2.09. The number of nitrogens with zero attached hydrogens (tertiary/aromatic N) is 3. The molecule has 0 unspecified atom stereocenters. The maximum atomic E-state index is 12.1. The zero-order chi connectivity index (χ0) is 23.8. The number of hydrogen-bond acceptors (Lipinski definition) is 8.